The molecule has 0 aliphatic carbocycles. The van der Waals surface area contributed by atoms with Gasteiger partial charge in [0.15, 0.2) is 0 Å². The van der Waals surface area contributed by atoms with Gasteiger partial charge in [0.25, 0.3) is 0 Å². The number of nitrogens with zero attached hydrogens (tertiary/aromatic N) is 2. The summed E-state index contributed by atoms with van der Waals surface area (Å²) >= 11 is 0. The molecule has 0 aromatic heterocycles. The first kappa shape index (κ1) is 8.45. The van der Waals surface area contributed by atoms with Crippen LogP contribution in [-0.4, -0.2) is 55.7 Å². The predicted molar refractivity (Wildman–Crippen MR) is 46.9 cm³/mol. The van der Waals surface area contributed by atoms with E-state index in [1.54, 1.807) is 0 Å². The molecule has 2 fully saturated rings. The summed E-state index contributed by atoms with van der Waals surface area (Å²) in [6.07, 6.45) is 0.200. The first-order chi connectivity index (χ1) is 5.74. The lowest BCUT2D eigenvalue weighted by Gasteiger charge is -2.38. The topological polar surface area (TPSA) is 6.48 Å². The van der Waals surface area contributed by atoms with Crippen molar-refractivity contribution in [2.75, 3.05) is 39.8 Å². The van der Waals surface area contributed by atoms with E-state index in [1.807, 2.05) is 0 Å². The number of halogens is 1. The lowest BCUT2D eigenvalue weighted by Crippen LogP contribution is -2.48. The van der Waals surface area contributed by atoms with Gasteiger partial charge in [0.05, 0.1) is 0 Å². The van der Waals surface area contributed by atoms with Crippen molar-refractivity contribution in [1.82, 2.24) is 9.80 Å². The molecule has 12 heavy (non-hydrogen) atoms. The van der Waals surface area contributed by atoms with Gasteiger partial charge >= 0.3 is 0 Å². The van der Waals surface area contributed by atoms with Gasteiger partial charge in [0.2, 0.25) is 0 Å². The molecule has 0 spiro atoms. The van der Waals surface area contributed by atoms with E-state index in [2.05, 4.69) is 16.8 Å². The molecule has 0 bridgehead atoms. The van der Waals surface area contributed by atoms with Crippen molar-refractivity contribution >= 4 is 0 Å². The minimum Gasteiger partial charge on any atom is -0.306 e. The molecule has 0 aromatic carbocycles. The third-order valence-corrected chi connectivity index (χ3v) is 2.87. The molecule has 2 saturated heterocycles. The molecule has 2 heterocycles. The van der Waals surface area contributed by atoms with Crippen LogP contribution in [0.15, 0.2) is 0 Å². The van der Waals surface area contributed by atoms with Crippen molar-refractivity contribution < 1.29 is 4.39 Å². The number of hydrogen-bond donors (Lipinski definition) is 0. The van der Waals surface area contributed by atoms with E-state index in [0.29, 0.717) is 6.54 Å². The van der Waals surface area contributed by atoms with E-state index in [1.165, 1.54) is 13.1 Å². The van der Waals surface area contributed by atoms with Crippen LogP contribution in [0.5, 0.6) is 0 Å². The van der Waals surface area contributed by atoms with Gasteiger partial charge in [-0.3, -0.25) is 4.90 Å². The van der Waals surface area contributed by atoms with Crippen molar-refractivity contribution in [3.8, 4) is 0 Å². The lowest BCUT2D eigenvalue weighted by molar-refractivity contribution is 0.0973. The summed E-state index contributed by atoms with van der Waals surface area (Å²) in [6, 6.07) is 0. The molecule has 1 atom stereocenters. The van der Waals surface area contributed by atoms with Gasteiger partial charge in [-0.2, -0.15) is 0 Å². The second kappa shape index (κ2) is 3.30. The summed E-state index contributed by atoms with van der Waals surface area (Å²) in [6.45, 7) is 5.17. The molecule has 2 aliphatic rings. The van der Waals surface area contributed by atoms with Crippen LogP contribution in [-0.2, 0) is 0 Å². The molecule has 2 nitrogen and oxygen atoms in total. The fourth-order valence-corrected chi connectivity index (χ4v) is 2.26. The zero-order valence-corrected chi connectivity index (χ0v) is 7.67. The average molecular weight is 172 g/mol. The Bertz CT molecular complexity index is 157. The summed E-state index contributed by atoms with van der Waals surface area (Å²) in [5.74, 6) is 0.806. The molecular weight excluding hydrogens is 155 g/mol. The monoisotopic (exact) mass is 172 g/mol. The Balaban J connectivity index is 1.67. The largest absolute Gasteiger partial charge is 0.306 e. The van der Waals surface area contributed by atoms with E-state index >= 15 is 0 Å². The maximum absolute atomic E-state index is 12.8. The van der Waals surface area contributed by atoms with Crippen molar-refractivity contribution in [1.29, 1.82) is 0 Å². The summed E-state index contributed by atoms with van der Waals surface area (Å²) in [7, 11) is 2.14. The highest BCUT2D eigenvalue weighted by atomic mass is 19.1. The molecule has 3 heteroatoms. The highest BCUT2D eigenvalue weighted by Crippen LogP contribution is 2.18. The van der Waals surface area contributed by atoms with Crippen LogP contribution in [0, 0.1) is 5.92 Å². The van der Waals surface area contributed by atoms with Gasteiger partial charge in [0, 0.05) is 32.7 Å². The van der Waals surface area contributed by atoms with Gasteiger partial charge in [0.1, 0.15) is 6.17 Å². The van der Waals surface area contributed by atoms with Crippen LogP contribution in [0.3, 0.4) is 0 Å². The van der Waals surface area contributed by atoms with E-state index in [0.717, 1.165) is 25.4 Å². The third-order valence-electron chi connectivity index (χ3n) is 2.87. The molecular formula is C9H17FN2. The number of likely N-dealkylation sites (tertiary alicyclic amines) is 2. The van der Waals surface area contributed by atoms with Gasteiger partial charge in [-0.25, -0.2) is 4.39 Å². The van der Waals surface area contributed by atoms with E-state index in [9.17, 15) is 4.39 Å². The van der Waals surface area contributed by atoms with Gasteiger partial charge < -0.3 is 4.90 Å². The highest BCUT2D eigenvalue weighted by Gasteiger charge is 2.29. The summed E-state index contributed by atoms with van der Waals surface area (Å²) < 4.78 is 12.8. The summed E-state index contributed by atoms with van der Waals surface area (Å²) in [5.41, 5.74) is 0. The zero-order chi connectivity index (χ0) is 8.55. The molecule has 70 valence electrons. The lowest BCUT2D eigenvalue weighted by atomic mass is 10.0. The van der Waals surface area contributed by atoms with Crippen LogP contribution in [0.2, 0.25) is 0 Å². The Morgan fingerprint density at radius 1 is 1.33 bits per heavy atom. The smallest absolute Gasteiger partial charge is 0.114 e. The van der Waals surface area contributed by atoms with Crippen molar-refractivity contribution in [2.24, 2.45) is 5.92 Å². The molecule has 2 aliphatic heterocycles. The summed E-state index contributed by atoms with van der Waals surface area (Å²) in [4.78, 5) is 4.58. The fraction of sp³-hybridized carbons (Fsp3) is 1.00. The van der Waals surface area contributed by atoms with Gasteiger partial charge in [-0.15, -0.1) is 0 Å². The third kappa shape index (κ3) is 1.77. The molecule has 2 rings (SSSR count). The molecule has 0 saturated carbocycles. The fourth-order valence-electron chi connectivity index (χ4n) is 2.26. The van der Waals surface area contributed by atoms with Crippen LogP contribution in [0.25, 0.3) is 0 Å². The van der Waals surface area contributed by atoms with Crippen LogP contribution in [0.1, 0.15) is 6.42 Å². The average Bonchev–Trinajstić information content (AvgIpc) is 2.33. The highest BCUT2D eigenvalue weighted by molar-refractivity contribution is 4.83. The second-order valence-electron chi connectivity index (χ2n) is 4.23. The van der Waals surface area contributed by atoms with Crippen molar-refractivity contribution in [3.63, 3.8) is 0 Å². The standard InChI is InChI=1S/C9H17FN2/c1-11-4-8(5-11)6-12-3-2-9(10)7-12/h8-9H,2-7H2,1H3/t9-/m0/s1. The maximum Gasteiger partial charge on any atom is 0.114 e. The Hall–Kier alpha value is -0.150. The van der Waals surface area contributed by atoms with Crippen LogP contribution >= 0.6 is 0 Å². The maximum atomic E-state index is 12.8. The second-order valence-corrected chi connectivity index (χ2v) is 4.23. The molecule has 0 N–H and O–H groups in total. The van der Waals surface area contributed by atoms with E-state index < -0.39 is 6.17 Å². The Morgan fingerprint density at radius 2 is 2.08 bits per heavy atom. The molecule has 0 unspecified atom stereocenters. The SMILES string of the molecule is CN1CC(CN2CC[C@H](F)C2)C1. The van der Waals surface area contributed by atoms with Crippen molar-refractivity contribution in [2.45, 2.75) is 12.6 Å². The Labute approximate surface area is 73.3 Å². The normalized spacial score (nSPS) is 34.0. The number of alkyl halides is 1. The van der Waals surface area contributed by atoms with Gasteiger partial charge in [-0.1, -0.05) is 0 Å². The predicted octanol–water partition coefficient (Wildman–Crippen LogP) is 0.592. The van der Waals surface area contributed by atoms with E-state index in [4.69, 9.17) is 0 Å². The molecule has 0 amide bonds. The summed E-state index contributed by atoms with van der Waals surface area (Å²) in [5, 5.41) is 0. The Morgan fingerprint density at radius 3 is 2.58 bits per heavy atom. The zero-order valence-electron chi connectivity index (χ0n) is 7.67. The van der Waals surface area contributed by atoms with Crippen molar-refractivity contribution in [3.05, 3.63) is 0 Å². The van der Waals surface area contributed by atoms with Gasteiger partial charge in [-0.05, 0) is 19.4 Å². The number of hydrogen-bond acceptors (Lipinski definition) is 2. The first-order valence-corrected chi connectivity index (χ1v) is 4.79. The van der Waals surface area contributed by atoms with E-state index in [-0.39, 0.29) is 0 Å². The number of rotatable bonds is 2. The quantitative estimate of drug-likeness (QED) is 0.601. The first-order valence-electron chi connectivity index (χ1n) is 4.79. The molecule has 0 aromatic rings. The molecule has 0 radical (unpaired) electrons. The Kier molecular flexibility index (Phi) is 2.33. The minimum absolute atomic E-state index is 0.553. The van der Waals surface area contributed by atoms with Crippen LogP contribution in [0.4, 0.5) is 4.39 Å². The van der Waals surface area contributed by atoms with Crippen LogP contribution < -0.4 is 0 Å². The minimum atomic E-state index is -0.553.